The van der Waals surface area contributed by atoms with E-state index in [9.17, 15) is 22.8 Å². The lowest BCUT2D eigenvalue weighted by Crippen LogP contribution is -2.38. The molecule has 1 atom stereocenters. The number of aromatic amines is 2. The van der Waals surface area contributed by atoms with E-state index in [0.717, 1.165) is 6.20 Å². The molecule has 1 aromatic rings. The van der Waals surface area contributed by atoms with Crippen molar-refractivity contribution in [1.82, 2.24) is 14.7 Å². The second-order valence-corrected chi connectivity index (χ2v) is 5.48. The topological polar surface area (TPSA) is 158 Å². The summed E-state index contributed by atoms with van der Waals surface area (Å²) in [5, 5.41) is 8.58. The predicted molar refractivity (Wildman–Crippen MR) is 65.9 cm³/mol. The van der Waals surface area contributed by atoms with E-state index in [1.165, 1.54) is 7.11 Å². The Bertz CT molecular complexity index is 690. The van der Waals surface area contributed by atoms with Crippen LogP contribution in [0.2, 0.25) is 0 Å². The molecule has 10 nitrogen and oxygen atoms in total. The Labute approximate surface area is 112 Å². The fraction of sp³-hybridized carbons (Fsp3) is 0.444. The number of nitrogens with one attached hydrogen (secondary N) is 3. The average molecular weight is 307 g/mol. The number of carboxylic acids is 1. The van der Waals surface area contributed by atoms with Crippen LogP contribution >= 0.6 is 0 Å². The van der Waals surface area contributed by atoms with Crippen LogP contribution in [0.15, 0.2) is 20.7 Å². The van der Waals surface area contributed by atoms with E-state index < -0.39 is 44.7 Å². The van der Waals surface area contributed by atoms with E-state index in [-0.39, 0.29) is 6.54 Å². The summed E-state index contributed by atoms with van der Waals surface area (Å²) in [4.78, 5) is 35.8. The highest BCUT2D eigenvalue weighted by Gasteiger charge is 2.21. The molecule has 1 rings (SSSR count). The van der Waals surface area contributed by atoms with E-state index in [1.807, 2.05) is 9.71 Å². The first-order chi connectivity index (χ1) is 9.26. The Hall–Kier alpha value is -1.98. The fourth-order valence-corrected chi connectivity index (χ4v) is 2.38. The van der Waals surface area contributed by atoms with Gasteiger partial charge in [0.2, 0.25) is 10.0 Å². The summed E-state index contributed by atoms with van der Waals surface area (Å²) in [5.41, 5.74) is -1.91. The number of H-pyrrole nitrogens is 2. The summed E-state index contributed by atoms with van der Waals surface area (Å²) in [7, 11) is -2.95. The van der Waals surface area contributed by atoms with Crippen LogP contribution in [0.3, 0.4) is 0 Å². The molecular weight excluding hydrogens is 294 g/mol. The largest absolute Gasteiger partial charge is 0.481 e. The third kappa shape index (κ3) is 4.29. The number of rotatable bonds is 7. The molecule has 0 radical (unpaired) electrons. The first kappa shape index (κ1) is 16.1. The van der Waals surface area contributed by atoms with Gasteiger partial charge < -0.3 is 14.8 Å². The number of carbonyl (C=O) groups is 1. The van der Waals surface area contributed by atoms with E-state index in [0.29, 0.717) is 0 Å². The van der Waals surface area contributed by atoms with Crippen molar-refractivity contribution < 1.29 is 23.1 Å². The second kappa shape index (κ2) is 6.45. The van der Waals surface area contributed by atoms with Crippen LogP contribution in [-0.2, 0) is 19.6 Å². The third-order valence-electron chi connectivity index (χ3n) is 2.31. The van der Waals surface area contributed by atoms with Crippen molar-refractivity contribution in [3.05, 3.63) is 27.0 Å². The van der Waals surface area contributed by atoms with Crippen molar-refractivity contribution in [3.63, 3.8) is 0 Å². The van der Waals surface area contributed by atoms with Gasteiger partial charge in [-0.3, -0.25) is 14.6 Å². The van der Waals surface area contributed by atoms with Crippen molar-refractivity contribution in [3.8, 4) is 0 Å². The monoisotopic (exact) mass is 307 g/mol. The molecule has 1 heterocycles. The van der Waals surface area contributed by atoms with Crippen LogP contribution < -0.4 is 16.0 Å². The van der Waals surface area contributed by atoms with Crippen LogP contribution in [0.25, 0.3) is 0 Å². The number of methoxy groups -OCH3 is 1. The van der Waals surface area contributed by atoms with Crippen molar-refractivity contribution >= 4 is 16.0 Å². The summed E-state index contributed by atoms with van der Waals surface area (Å²) in [6, 6.07) is 0. The number of sulfonamides is 1. The maximum absolute atomic E-state index is 11.8. The lowest BCUT2D eigenvalue weighted by molar-refractivity contribution is -0.139. The number of aliphatic carboxylic acids is 1. The minimum atomic E-state index is -4.19. The highest BCUT2D eigenvalue weighted by molar-refractivity contribution is 7.89. The number of hydrogen-bond donors (Lipinski definition) is 4. The first-order valence-corrected chi connectivity index (χ1v) is 6.81. The lowest BCUT2D eigenvalue weighted by atomic mass is 10.2. The minimum absolute atomic E-state index is 0.330. The van der Waals surface area contributed by atoms with Gasteiger partial charge in [0, 0.05) is 19.9 Å². The first-order valence-electron chi connectivity index (χ1n) is 5.32. The van der Waals surface area contributed by atoms with E-state index >= 15 is 0 Å². The second-order valence-electron chi connectivity index (χ2n) is 3.74. The molecule has 4 N–H and O–H groups in total. The molecule has 0 aliphatic heterocycles. The van der Waals surface area contributed by atoms with Gasteiger partial charge in [-0.25, -0.2) is 17.9 Å². The molecule has 0 fully saturated rings. The summed E-state index contributed by atoms with van der Waals surface area (Å²) in [5.74, 6) is -1.15. The van der Waals surface area contributed by atoms with Crippen LogP contribution in [0.1, 0.15) is 6.42 Å². The zero-order valence-electron chi connectivity index (χ0n) is 10.4. The molecular formula is C9H13N3O7S. The van der Waals surface area contributed by atoms with Crippen LogP contribution in [0.4, 0.5) is 0 Å². The molecule has 0 spiro atoms. The van der Waals surface area contributed by atoms with Gasteiger partial charge in [0.1, 0.15) is 0 Å². The molecule has 0 aliphatic carbocycles. The Kier molecular flexibility index (Phi) is 5.19. The Balaban J connectivity index is 2.87. The molecule has 1 aromatic heterocycles. The van der Waals surface area contributed by atoms with Crippen molar-refractivity contribution in [2.75, 3.05) is 13.7 Å². The fourth-order valence-electron chi connectivity index (χ4n) is 1.31. The van der Waals surface area contributed by atoms with Gasteiger partial charge in [-0.1, -0.05) is 0 Å². The van der Waals surface area contributed by atoms with E-state index in [4.69, 9.17) is 9.84 Å². The Morgan fingerprint density at radius 2 is 2.15 bits per heavy atom. The number of ether oxygens (including phenoxy) is 1. The van der Waals surface area contributed by atoms with Crippen molar-refractivity contribution in [2.24, 2.45) is 0 Å². The smallest absolute Gasteiger partial charge is 0.325 e. The zero-order valence-corrected chi connectivity index (χ0v) is 11.2. The molecule has 11 heteroatoms. The van der Waals surface area contributed by atoms with Gasteiger partial charge in [0.15, 0.2) is 4.90 Å². The summed E-state index contributed by atoms with van der Waals surface area (Å²) in [6.45, 7) is -0.330. The molecule has 0 saturated heterocycles. The Morgan fingerprint density at radius 3 is 2.65 bits per heavy atom. The molecule has 0 aliphatic rings. The predicted octanol–water partition coefficient (Wildman–Crippen LogP) is -2.17. The van der Waals surface area contributed by atoms with Gasteiger partial charge in [0.05, 0.1) is 12.5 Å². The van der Waals surface area contributed by atoms with Gasteiger partial charge in [0.25, 0.3) is 5.56 Å². The zero-order chi connectivity index (χ0) is 15.3. The van der Waals surface area contributed by atoms with Gasteiger partial charge in [-0.05, 0) is 0 Å². The van der Waals surface area contributed by atoms with Crippen LogP contribution in [0, 0.1) is 0 Å². The normalized spacial score (nSPS) is 13.1. The van der Waals surface area contributed by atoms with E-state index in [2.05, 4.69) is 0 Å². The minimum Gasteiger partial charge on any atom is -0.481 e. The highest BCUT2D eigenvalue weighted by Crippen LogP contribution is 2.01. The molecule has 0 saturated carbocycles. The van der Waals surface area contributed by atoms with Crippen molar-refractivity contribution in [1.29, 1.82) is 0 Å². The maximum Gasteiger partial charge on any atom is 0.325 e. The molecule has 0 amide bonds. The Morgan fingerprint density at radius 1 is 1.50 bits per heavy atom. The lowest BCUT2D eigenvalue weighted by Gasteiger charge is -2.13. The maximum atomic E-state index is 11.8. The van der Waals surface area contributed by atoms with E-state index in [1.54, 1.807) is 4.98 Å². The number of aromatic nitrogens is 2. The van der Waals surface area contributed by atoms with Crippen LogP contribution in [0.5, 0.6) is 0 Å². The average Bonchev–Trinajstić information content (AvgIpc) is 2.33. The van der Waals surface area contributed by atoms with Crippen LogP contribution in [-0.4, -0.2) is 49.2 Å². The molecule has 112 valence electrons. The summed E-state index contributed by atoms with van der Waals surface area (Å²) >= 11 is 0. The molecule has 0 aromatic carbocycles. The van der Waals surface area contributed by atoms with Gasteiger partial charge in [-0.2, -0.15) is 0 Å². The molecule has 20 heavy (non-hydrogen) atoms. The highest BCUT2D eigenvalue weighted by atomic mass is 32.2. The number of hydrogen-bond acceptors (Lipinski definition) is 6. The third-order valence-corrected chi connectivity index (χ3v) is 3.74. The van der Waals surface area contributed by atoms with Crippen molar-refractivity contribution in [2.45, 2.75) is 17.4 Å². The number of carboxylic acid groups (broad SMARTS) is 1. The standard InChI is InChI=1S/C9H13N3O7S/c1-19-5(2-7(13)14)3-11-20(17,18)6-4-10-9(16)12-8(6)15/h4-5,11H,2-3H2,1H3,(H,13,14)(H2,10,12,15,16). The SMILES string of the molecule is COC(CNS(=O)(=O)c1c[nH]c(=O)[nH]c1=O)CC(=O)O. The van der Waals surface area contributed by atoms with Gasteiger partial charge in [-0.15, -0.1) is 0 Å². The molecule has 1 unspecified atom stereocenters. The quantitative estimate of drug-likeness (QED) is 0.446. The van der Waals surface area contributed by atoms with Gasteiger partial charge >= 0.3 is 11.7 Å². The summed E-state index contributed by atoms with van der Waals surface area (Å²) < 4.78 is 30.5. The molecule has 0 bridgehead atoms. The summed E-state index contributed by atoms with van der Waals surface area (Å²) in [6.07, 6.45) is -0.534.